The molecule has 214 valence electrons. The zero-order valence-electron chi connectivity index (χ0n) is 23.9. The molecule has 40 heavy (non-hydrogen) atoms. The number of carbonyl (C=O) groups excluding carboxylic acids is 2. The molecule has 0 aliphatic carbocycles. The molecule has 0 aliphatic rings. The van der Waals surface area contributed by atoms with Crippen molar-refractivity contribution in [2.75, 3.05) is 10.8 Å². The minimum absolute atomic E-state index is 0.0915. The van der Waals surface area contributed by atoms with Gasteiger partial charge < -0.3 is 10.2 Å². The van der Waals surface area contributed by atoms with Gasteiger partial charge in [0.25, 0.3) is 10.0 Å². The summed E-state index contributed by atoms with van der Waals surface area (Å²) >= 11 is 3.47. The van der Waals surface area contributed by atoms with E-state index in [1.165, 1.54) is 9.21 Å². The molecule has 9 heteroatoms. The third-order valence-electron chi connectivity index (χ3n) is 6.44. The van der Waals surface area contributed by atoms with Gasteiger partial charge in [-0.2, -0.15) is 0 Å². The van der Waals surface area contributed by atoms with Crippen molar-refractivity contribution in [2.45, 2.75) is 71.0 Å². The third-order valence-corrected chi connectivity index (χ3v) is 8.70. The molecule has 0 aromatic heterocycles. The van der Waals surface area contributed by atoms with Gasteiger partial charge in [-0.1, -0.05) is 70.9 Å². The number of nitrogens with one attached hydrogen (secondary N) is 1. The number of rotatable bonds is 10. The molecule has 0 heterocycles. The van der Waals surface area contributed by atoms with Crippen molar-refractivity contribution in [1.29, 1.82) is 0 Å². The molecule has 0 radical (unpaired) electrons. The minimum atomic E-state index is -4.11. The maximum Gasteiger partial charge on any atom is 0.264 e. The van der Waals surface area contributed by atoms with Crippen LogP contribution in [0.25, 0.3) is 0 Å². The highest BCUT2D eigenvalue weighted by Crippen LogP contribution is 2.28. The van der Waals surface area contributed by atoms with E-state index in [1.54, 1.807) is 43.3 Å². The van der Waals surface area contributed by atoms with Crippen molar-refractivity contribution in [3.63, 3.8) is 0 Å². The van der Waals surface area contributed by atoms with Gasteiger partial charge in [-0.3, -0.25) is 13.9 Å². The molecule has 1 N–H and O–H groups in total. The summed E-state index contributed by atoms with van der Waals surface area (Å²) in [5.74, 6) is -0.809. The molecule has 0 bridgehead atoms. The molecule has 3 aromatic rings. The fourth-order valence-electron chi connectivity index (χ4n) is 4.29. The molecule has 1 unspecified atom stereocenters. The normalized spacial score (nSPS) is 12.5. The number of carbonyl (C=O) groups is 2. The van der Waals surface area contributed by atoms with Gasteiger partial charge >= 0.3 is 0 Å². The highest BCUT2D eigenvalue weighted by Gasteiger charge is 2.34. The second kappa shape index (κ2) is 13.0. The van der Waals surface area contributed by atoms with Crippen molar-refractivity contribution >= 4 is 43.5 Å². The molecule has 0 aliphatic heterocycles. The molecule has 0 spiro atoms. The Balaban J connectivity index is 2.08. The standard InChI is InChI=1S/C31H38BrN3O4S/c1-7-25-12-8-9-14-28(25)35(40(38,39)27-17-15-22(2)16-18-27)21-29(36)34(20-24-11-10-13-26(32)19-24)23(3)30(37)33-31(4,5)6/h8-19,23H,7,20-21H2,1-6H3,(H,33,37). The number of benzene rings is 3. The number of halogens is 1. The summed E-state index contributed by atoms with van der Waals surface area (Å²) in [4.78, 5) is 28.8. The van der Waals surface area contributed by atoms with E-state index in [9.17, 15) is 18.0 Å². The quantitative estimate of drug-likeness (QED) is 0.306. The van der Waals surface area contributed by atoms with Crippen LogP contribution in [0.15, 0.2) is 82.2 Å². The zero-order valence-corrected chi connectivity index (χ0v) is 26.3. The number of hydrogen-bond acceptors (Lipinski definition) is 4. The Morgan fingerprint density at radius 2 is 1.62 bits per heavy atom. The van der Waals surface area contributed by atoms with E-state index in [1.807, 2.05) is 71.0 Å². The molecule has 0 saturated carbocycles. The lowest BCUT2D eigenvalue weighted by molar-refractivity contribution is -0.140. The number of aryl methyl sites for hydroxylation is 2. The van der Waals surface area contributed by atoms with E-state index >= 15 is 0 Å². The lowest BCUT2D eigenvalue weighted by atomic mass is 10.1. The maximum atomic E-state index is 14.1. The predicted molar refractivity (Wildman–Crippen MR) is 164 cm³/mol. The van der Waals surface area contributed by atoms with Gasteiger partial charge in [0, 0.05) is 16.6 Å². The van der Waals surface area contributed by atoms with Gasteiger partial charge in [-0.05, 0) is 82.5 Å². The Kier molecular flexibility index (Phi) is 10.2. The summed E-state index contributed by atoms with van der Waals surface area (Å²) in [5.41, 5.74) is 2.46. The monoisotopic (exact) mass is 627 g/mol. The van der Waals surface area contributed by atoms with Gasteiger partial charge in [-0.25, -0.2) is 8.42 Å². The molecular weight excluding hydrogens is 590 g/mol. The van der Waals surface area contributed by atoms with Crippen LogP contribution in [0, 0.1) is 6.92 Å². The first-order valence-corrected chi connectivity index (χ1v) is 15.5. The van der Waals surface area contributed by atoms with Gasteiger partial charge in [0.2, 0.25) is 11.8 Å². The van der Waals surface area contributed by atoms with E-state index in [4.69, 9.17) is 0 Å². The van der Waals surface area contributed by atoms with Gasteiger partial charge in [0.05, 0.1) is 10.6 Å². The van der Waals surface area contributed by atoms with Gasteiger partial charge in [-0.15, -0.1) is 0 Å². The van der Waals surface area contributed by atoms with Gasteiger partial charge in [0.15, 0.2) is 0 Å². The predicted octanol–water partition coefficient (Wildman–Crippen LogP) is 5.85. The van der Waals surface area contributed by atoms with Crippen LogP contribution in [0.3, 0.4) is 0 Å². The van der Waals surface area contributed by atoms with Crippen molar-refractivity contribution in [1.82, 2.24) is 10.2 Å². The fourth-order valence-corrected chi connectivity index (χ4v) is 6.19. The second-order valence-corrected chi connectivity index (χ2v) is 13.7. The van der Waals surface area contributed by atoms with Crippen LogP contribution in [0.4, 0.5) is 5.69 Å². The molecule has 1 atom stereocenters. The van der Waals surface area contributed by atoms with E-state index in [-0.39, 0.29) is 17.3 Å². The number of amides is 2. The smallest absolute Gasteiger partial charge is 0.264 e. The Bertz CT molecular complexity index is 1450. The highest BCUT2D eigenvalue weighted by molar-refractivity contribution is 9.10. The lowest BCUT2D eigenvalue weighted by Crippen LogP contribution is -2.54. The molecule has 3 aromatic carbocycles. The topological polar surface area (TPSA) is 86.8 Å². The van der Waals surface area contributed by atoms with Crippen LogP contribution in [-0.4, -0.2) is 43.3 Å². The number of nitrogens with zero attached hydrogens (tertiary/aromatic N) is 2. The molecule has 7 nitrogen and oxygen atoms in total. The van der Waals surface area contributed by atoms with Gasteiger partial charge in [0.1, 0.15) is 12.6 Å². The second-order valence-electron chi connectivity index (χ2n) is 10.9. The molecule has 0 saturated heterocycles. The summed E-state index contributed by atoms with van der Waals surface area (Å²) < 4.78 is 30.1. The van der Waals surface area contributed by atoms with Crippen LogP contribution in [0.2, 0.25) is 0 Å². The Labute approximate surface area is 246 Å². The largest absolute Gasteiger partial charge is 0.350 e. The SMILES string of the molecule is CCc1ccccc1N(CC(=O)N(Cc1cccc(Br)c1)C(C)C(=O)NC(C)(C)C)S(=O)(=O)c1ccc(C)cc1. The number of anilines is 1. The number of sulfonamides is 1. The maximum absolute atomic E-state index is 14.1. The average molecular weight is 629 g/mol. The summed E-state index contributed by atoms with van der Waals surface area (Å²) in [6, 6.07) is 20.4. The first kappa shape index (κ1) is 31.4. The molecule has 3 rings (SSSR count). The molecule has 2 amide bonds. The Hall–Kier alpha value is -3.17. The summed E-state index contributed by atoms with van der Waals surface area (Å²) in [5, 5.41) is 2.94. The Morgan fingerprint density at radius 1 is 0.975 bits per heavy atom. The van der Waals surface area contributed by atoms with E-state index in [0.717, 1.165) is 21.2 Å². The first-order chi connectivity index (χ1) is 18.7. The summed E-state index contributed by atoms with van der Waals surface area (Å²) in [7, 11) is -4.11. The van der Waals surface area contributed by atoms with E-state index in [0.29, 0.717) is 12.1 Å². The lowest BCUT2D eigenvalue weighted by Gasteiger charge is -2.34. The van der Waals surface area contributed by atoms with Crippen molar-refractivity contribution < 1.29 is 18.0 Å². The van der Waals surface area contributed by atoms with Crippen LogP contribution in [-0.2, 0) is 32.6 Å². The fraction of sp³-hybridized carbons (Fsp3) is 0.355. The van der Waals surface area contributed by atoms with Crippen LogP contribution in [0.5, 0.6) is 0 Å². The highest BCUT2D eigenvalue weighted by atomic mass is 79.9. The van der Waals surface area contributed by atoms with E-state index in [2.05, 4.69) is 21.2 Å². The Morgan fingerprint density at radius 3 is 2.23 bits per heavy atom. The summed E-state index contributed by atoms with van der Waals surface area (Å²) in [6.45, 7) is 10.8. The minimum Gasteiger partial charge on any atom is -0.350 e. The van der Waals surface area contributed by atoms with Crippen LogP contribution < -0.4 is 9.62 Å². The van der Waals surface area contributed by atoms with Crippen molar-refractivity contribution in [3.05, 3.63) is 94.0 Å². The zero-order chi connectivity index (χ0) is 29.7. The first-order valence-electron chi connectivity index (χ1n) is 13.3. The average Bonchev–Trinajstić information content (AvgIpc) is 2.89. The van der Waals surface area contributed by atoms with Crippen molar-refractivity contribution in [2.24, 2.45) is 0 Å². The summed E-state index contributed by atoms with van der Waals surface area (Å²) in [6.07, 6.45) is 0.580. The molecule has 0 fully saturated rings. The van der Waals surface area contributed by atoms with Crippen molar-refractivity contribution in [3.8, 4) is 0 Å². The third kappa shape index (κ3) is 7.95. The van der Waals surface area contributed by atoms with E-state index < -0.39 is 34.1 Å². The number of para-hydroxylation sites is 1. The van der Waals surface area contributed by atoms with Crippen LogP contribution in [0.1, 0.15) is 51.3 Å². The van der Waals surface area contributed by atoms with Crippen LogP contribution >= 0.6 is 15.9 Å². The number of hydrogen-bond donors (Lipinski definition) is 1. The molecular formula is C31H38BrN3O4S.